The lowest BCUT2D eigenvalue weighted by molar-refractivity contribution is -0.136. The van der Waals surface area contributed by atoms with Crippen LogP contribution in [0, 0.1) is 18.7 Å². The first-order valence-corrected chi connectivity index (χ1v) is 6.83. The van der Waals surface area contributed by atoms with Crippen LogP contribution < -0.4 is 10.6 Å². The van der Waals surface area contributed by atoms with Crippen molar-refractivity contribution in [3.63, 3.8) is 0 Å². The largest absolute Gasteiger partial charge is 0.393 e. The Kier molecular flexibility index (Phi) is 6.30. The van der Waals surface area contributed by atoms with E-state index in [1.807, 2.05) is 6.92 Å². The fourth-order valence-corrected chi connectivity index (χ4v) is 1.91. The Morgan fingerprint density at radius 3 is 2.52 bits per heavy atom. The number of aliphatic hydroxyl groups is 1. The van der Waals surface area contributed by atoms with Crippen LogP contribution in [-0.4, -0.2) is 29.6 Å². The number of carbonyl (C=O) groups is 2. The third-order valence-electron chi connectivity index (χ3n) is 2.93. The topological polar surface area (TPSA) is 78.4 Å². The second-order valence-electron chi connectivity index (χ2n) is 5.34. The van der Waals surface area contributed by atoms with Gasteiger partial charge in [0.05, 0.1) is 11.8 Å². The second kappa shape index (κ2) is 7.73. The van der Waals surface area contributed by atoms with Crippen molar-refractivity contribution in [2.24, 2.45) is 5.92 Å². The molecule has 0 aliphatic rings. The van der Waals surface area contributed by atoms with Gasteiger partial charge in [0.2, 0.25) is 0 Å². The Morgan fingerprint density at radius 1 is 1.29 bits per heavy atom. The molecule has 1 aromatic carbocycles. The van der Waals surface area contributed by atoms with Gasteiger partial charge in [-0.15, -0.1) is 0 Å². The van der Waals surface area contributed by atoms with Gasteiger partial charge in [-0.05, 0) is 43.9 Å². The number of hydrogen-bond acceptors (Lipinski definition) is 3. The number of halogens is 1. The first-order chi connectivity index (χ1) is 9.79. The van der Waals surface area contributed by atoms with Crippen LogP contribution in [0.1, 0.15) is 25.8 Å². The Bertz CT molecular complexity index is 518. The molecule has 0 aliphatic heterocycles. The maximum absolute atomic E-state index is 13.6. The average Bonchev–Trinajstić information content (AvgIpc) is 2.38. The molecule has 0 saturated heterocycles. The van der Waals surface area contributed by atoms with Crippen LogP contribution in [0.5, 0.6) is 0 Å². The molecule has 0 aliphatic carbocycles. The van der Waals surface area contributed by atoms with Crippen LogP contribution >= 0.6 is 0 Å². The van der Waals surface area contributed by atoms with Gasteiger partial charge in [-0.3, -0.25) is 9.59 Å². The molecule has 0 radical (unpaired) electrons. The molecule has 6 heteroatoms. The van der Waals surface area contributed by atoms with Crippen LogP contribution in [0.25, 0.3) is 0 Å². The van der Waals surface area contributed by atoms with E-state index in [0.717, 1.165) is 5.56 Å². The number of aliphatic hydroxyl groups excluding tert-OH is 1. The molecule has 0 saturated carbocycles. The van der Waals surface area contributed by atoms with Crippen LogP contribution in [-0.2, 0) is 9.59 Å². The van der Waals surface area contributed by atoms with E-state index in [4.69, 9.17) is 0 Å². The summed E-state index contributed by atoms with van der Waals surface area (Å²) >= 11 is 0. The van der Waals surface area contributed by atoms with Gasteiger partial charge in [0.25, 0.3) is 0 Å². The summed E-state index contributed by atoms with van der Waals surface area (Å²) in [7, 11) is 0. The van der Waals surface area contributed by atoms with E-state index < -0.39 is 23.7 Å². The lowest BCUT2D eigenvalue weighted by Crippen LogP contribution is -2.38. The van der Waals surface area contributed by atoms with Gasteiger partial charge in [-0.2, -0.15) is 0 Å². The SMILES string of the molecule is Cc1ccc(NC(=O)C(=O)NCC(C)CC(C)O)c(F)c1. The van der Waals surface area contributed by atoms with E-state index in [2.05, 4.69) is 10.6 Å². The Morgan fingerprint density at radius 2 is 1.95 bits per heavy atom. The number of anilines is 1. The summed E-state index contributed by atoms with van der Waals surface area (Å²) in [6.45, 7) is 5.51. The highest BCUT2D eigenvalue weighted by Crippen LogP contribution is 2.15. The summed E-state index contributed by atoms with van der Waals surface area (Å²) < 4.78 is 13.6. The van der Waals surface area contributed by atoms with Gasteiger partial charge in [0, 0.05) is 6.54 Å². The molecular weight excluding hydrogens is 275 g/mol. The second-order valence-corrected chi connectivity index (χ2v) is 5.34. The molecule has 0 spiro atoms. The Labute approximate surface area is 123 Å². The van der Waals surface area contributed by atoms with Crippen molar-refractivity contribution < 1.29 is 19.1 Å². The van der Waals surface area contributed by atoms with Crippen LogP contribution in [0.15, 0.2) is 18.2 Å². The predicted octanol–water partition coefficient (Wildman–Crippen LogP) is 1.60. The molecule has 1 aromatic rings. The van der Waals surface area contributed by atoms with Crippen molar-refractivity contribution in [2.45, 2.75) is 33.3 Å². The van der Waals surface area contributed by atoms with Crippen molar-refractivity contribution in [3.8, 4) is 0 Å². The number of amides is 2. The first-order valence-electron chi connectivity index (χ1n) is 6.83. The van der Waals surface area contributed by atoms with Crippen molar-refractivity contribution in [2.75, 3.05) is 11.9 Å². The van der Waals surface area contributed by atoms with Gasteiger partial charge in [0.1, 0.15) is 5.82 Å². The lowest BCUT2D eigenvalue weighted by Gasteiger charge is -2.14. The van der Waals surface area contributed by atoms with Gasteiger partial charge >= 0.3 is 11.8 Å². The molecule has 1 rings (SSSR count). The molecule has 2 atom stereocenters. The van der Waals surface area contributed by atoms with Crippen molar-refractivity contribution in [3.05, 3.63) is 29.6 Å². The highest BCUT2D eigenvalue weighted by Gasteiger charge is 2.16. The van der Waals surface area contributed by atoms with Gasteiger partial charge in [-0.1, -0.05) is 13.0 Å². The molecule has 21 heavy (non-hydrogen) atoms. The molecule has 116 valence electrons. The third-order valence-corrected chi connectivity index (χ3v) is 2.93. The smallest absolute Gasteiger partial charge is 0.313 e. The molecule has 0 heterocycles. The fraction of sp³-hybridized carbons (Fsp3) is 0.467. The number of rotatable bonds is 5. The standard InChI is InChI=1S/C15H21FN2O3/c1-9-4-5-13(12(16)7-9)18-15(21)14(20)17-8-10(2)6-11(3)19/h4-5,7,10-11,19H,6,8H2,1-3H3,(H,17,20)(H,18,21). The van der Waals surface area contributed by atoms with E-state index in [0.29, 0.717) is 6.42 Å². The Balaban J connectivity index is 2.49. The van der Waals surface area contributed by atoms with E-state index in [9.17, 15) is 19.1 Å². The lowest BCUT2D eigenvalue weighted by atomic mass is 10.0. The summed E-state index contributed by atoms with van der Waals surface area (Å²) in [5.41, 5.74) is 0.694. The minimum Gasteiger partial charge on any atom is -0.393 e. The van der Waals surface area contributed by atoms with Crippen molar-refractivity contribution in [1.29, 1.82) is 0 Å². The number of hydrogen-bond donors (Lipinski definition) is 3. The Hall–Kier alpha value is -1.95. The summed E-state index contributed by atoms with van der Waals surface area (Å²) in [5, 5.41) is 13.9. The molecule has 0 bridgehead atoms. The fourth-order valence-electron chi connectivity index (χ4n) is 1.91. The molecule has 5 nitrogen and oxygen atoms in total. The van der Waals surface area contributed by atoms with E-state index in [-0.39, 0.29) is 18.2 Å². The molecule has 0 fully saturated rings. The number of benzene rings is 1. The zero-order valence-corrected chi connectivity index (χ0v) is 12.4. The number of nitrogens with one attached hydrogen (secondary N) is 2. The van der Waals surface area contributed by atoms with E-state index in [1.165, 1.54) is 12.1 Å². The van der Waals surface area contributed by atoms with Crippen molar-refractivity contribution in [1.82, 2.24) is 5.32 Å². The maximum atomic E-state index is 13.6. The number of aryl methyl sites for hydroxylation is 1. The number of carbonyl (C=O) groups excluding carboxylic acids is 2. The maximum Gasteiger partial charge on any atom is 0.313 e. The van der Waals surface area contributed by atoms with Crippen LogP contribution in [0.3, 0.4) is 0 Å². The first kappa shape index (κ1) is 17.1. The summed E-state index contributed by atoms with van der Waals surface area (Å²) in [6.07, 6.45) is 0.0569. The minimum atomic E-state index is -0.915. The summed E-state index contributed by atoms with van der Waals surface area (Å²) in [6, 6.07) is 4.32. The molecule has 3 N–H and O–H groups in total. The normalized spacial score (nSPS) is 13.4. The summed E-state index contributed by atoms with van der Waals surface area (Å²) in [5.74, 6) is -2.29. The highest BCUT2D eigenvalue weighted by atomic mass is 19.1. The monoisotopic (exact) mass is 296 g/mol. The zero-order chi connectivity index (χ0) is 16.0. The highest BCUT2D eigenvalue weighted by molar-refractivity contribution is 6.39. The molecule has 2 unspecified atom stereocenters. The average molecular weight is 296 g/mol. The van der Waals surface area contributed by atoms with Crippen LogP contribution in [0.4, 0.5) is 10.1 Å². The minimum absolute atomic E-state index is 0.0298. The van der Waals surface area contributed by atoms with E-state index in [1.54, 1.807) is 19.9 Å². The van der Waals surface area contributed by atoms with E-state index >= 15 is 0 Å². The molecule has 0 aromatic heterocycles. The van der Waals surface area contributed by atoms with Gasteiger partial charge in [-0.25, -0.2) is 4.39 Å². The predicted molar refractivity (Wildman–Crippen MR) is 78.2 cm³/mol. The van der Waals surface area contributed by atoms with Crippen molar-refractivity contribution >= 4 is 17.5 Å². The summed E-state index contributed by atoms with van der Waals surface area (Å²) in [4.78, 5) is 23.3. The third kappa shape index (κ3) is 5.91. The van der Waals surface area contributed by atoms with Crippen LogP contribution in [0.2, 0.25) is 0 Å². The molecular formula is C15H21FN2O3. The molecule has 2 amide bonds. The zero-order valence-electron chi connectivity index (χ0n) is 12.4. The van der Waals surface area contributed by atoms with Gasteiger partial charge in [0.15, 0.2) is 0 Å². The van der Waals surface area contributed by atoms with Gasteiger partial charge < -0.3 is 15.7 Å². The quantitative estimate of drug-likeness (QED) is 0.722.